The zero-order valence-corrected chi connectivity index (χ0v) is 14.5. The van der Waals surface area contributed by atoms with Gasteiger partial charge in [-0.1, -0.05) is 22.9 Å². The van der Waals surface area contributed by atoms with Crippen molar-refractivity contribution in [3.05, 3.63) is 27.1 Å². The van der Waals surface area contributed by atoms with Crippen LogP contribution in [0.5, 0.6) is 0 Å². The van der Waals surface area contributed by atoms with E-state index in [1.165, 1.54) is 6.07 Å². The third-order valence-electron chi connectivity index (χ3n) is 2.13. The lowest BCUT2D eigenvalue weighted by Crippen LogP contribution is -2.28. The van der Waals surface area contributed by atoms with Crippen molar-refractivity contribution in [1.82, 2.24) is 4.72 Å². The minimum atomic E-state index is -3.58. The van der Waals surface area contributed by atoms with E-state index < -0.39 is 20.8 Å². The summed E-state index contributed by atoms with van der Waals surface area (Å²) in [4.78, 5) is 0.166. The van der Waals surface area contributed by atoms with E-state index in [9.17, 15) is 12.6 Å². The van der Waals surface area contributed by atoms with Crippen LogP contribution in [0.15, 0.2) is 32.0 Å². The number of hydrogen-bond acceptors (Lipinski definition) is 3. The molecule has 0 amide bonds. The van der Waals surface area contributed by atoms with Gasteiger partial charge in [0.15, 0.2) is 0 Å². The van der Waals surface area contributed by atoms with Gasteiger partial charge in [-0.25, -0.2) is 13.1 Å². The third kappa shape index (κ3) is 4.73. The van der Waals surface area contributed by atoms with Crippen molar-refractivity contribution in [1.29, 1.82) is 0 Å². The SMILES string of the molecule is CCS(=O)CCNS(=O)(=O)c1cc(Br)ccc1Br. The molecule has 1 N–H and O–H groups in total. The van der Waals surface area contributed by atoms with Gasteiger partial charge in [-0.3, -0.25) is 4.21 Å². The first-order valence-corrected chi connectivity index (χ1v) is 9.72. The zero-order valence-electron chi connectivity index (χ0n) is 9.65. The van der Waals surface area contributed by atoms with E-state index in [0.717, 1.165) is 0 Å². The number of rotatable bonds is 6. The molecule has 0 aliphatic carbocycles. The Morgan fingerprint density at radius 1 is 1.33 bits per heavy atom. The maximum absolute atomic E-state index is 12.0. The number of nitrogens with one attached hydrogen (secondary N) is 1. The molecule has 0 aliphatic rings. The van der Waals surface area contributed by atoms with Crippen LogP contribution in [0.1, 0.15) is 6.92 Å². The largest absolute Gasteiger partial charge is 0.260 e. The predicted molar refractivity (Wildman–Crippen MR) is 80.6 cm³/mol. The highest BCUT2D eigenvalue weighted by Crippen LogP contribution is 2.25. The molecule has 0 saturated carbocycles. The summed E-state index contributed by atoms with van der Waals surface area (Å²) in [6.07, 6.45) is 0. The fourth-order valence-corrected chi connectivity index (χ4v) is 4.47. The fraction of sp³-hybridized carbons (Fsp3) is 0.400. The van der Waals surface area contributed by atoms with Crippen LogP contribution in [0.3, 0.4) is 0 Å². The van der Waals surface area contributed by atoms with E-state index >= 15 is 0 Å². The summed E-state index contributed by atoms with van der Waals surface area (Å²) in [5.74, 6) is 0.851. The minimum absolute atomic E-state index is 0.166. The van der Waals surface area contributed by atoms with Crippen LogP contribution in [-0.4, -0.2) is 30.7 Å². The maximum Gasteiger partial charge on any atom is 0.241 e. The van der Waals surface area contributed by atoms with E-state index in [1.807, 2.05) is 0 Å². The van der Waals surface area contributed by atoms with Gasteiger partial charge in [0.05, 0.1) is 4.90 Å². The van der Waals surface area contributed by atoms with Crippen LogP contribution < -0.4 is 4.72 Å². The van der Waals surface area contributed by atoms with Crippen LogP contribution >= 0.6 is 31.9 Å². The van der Waals surface area contributed by atoms with Crippen LogP contribution in [0.4, 0.5) is 0 Å². The third-order valence-corrected chi connectivity index (χ3v) is 6.38. The normalized spacial score (nSPS) is 13.5. The number of halogens is 2. The van der Waals surface area contributed by atoms with Gasteiger partial charge >= 0.3 is 0 Å². The Balaban J connectivity index is 2.80. The Morgan fingerprint density at radius 2 is 2.00 bits per heavy atom. The van der Waals surface area contributed by atoms with Gasteiger partial charge in [-0.05, 0) is 34.1 Å². The van der Waals surface area contributed by atoms with Crippen molar-refractivity contribution in [3.63, 3.8) is 0 Å². The molecule has 0 aliphatic heterocycles. The highest BCUT2D eigenvalue weighted by atomic mass is 79.9. The molecule has 4 nitrogen and oxygen atoms in total. The second kappa shape index (κ2) is 7.14. The van der Waals surface area contributed by atoms with Gasteiger partial charge in [0, 0.05) is 37.8 Å². The second-order valence-electron chi connectivity index (χ2n) is 3.41. The molecule has 1 atom stereocenters. The first kappa shape index (κ1) is 16.3. The number of hydrogen-bond donors (Lipinski definition) is 1. The molecule has 0 fully saturated rings. The standard InChI is InChI=1S/C10H13Br2NO3S2/c1-2-17(14)6-5-13-18(15,16)10-7-8(11)3-4-9(10)12/h3-4,7,13H,2,5-6H2,1H3. The topological polar surface area (TPSA) is 63.2 Å². The zero-order chi connectivity index (χ0) is 13.8. The Labute approximate surface area is 126 Å². The van der Waals surface area contributed by atoms with Crippen molar-refractivity contribution < 1.29 is 12.6 Å². The first-order valence-electron chi connectivity index (χ1n) is 5.16. The average Bonchev–Trinajstić information content (AvgIpc) is 2.31. The highest BCUT2D eigenvalue weighted by molar-refractivity contribution is 9.11. The van der Waals surface area contributed by atoms with Gasteiger partial charge in [-0.15, -0.1) is 0 Å². The maximum atomic E-state index is 12.0. The molecule has 0 spiro atoms. The molecule has 102 valence electrons. The van der Waals surface area contributed by atoms with Gasteiger partial charge in [0.1, 0.15) is 0 Å². The Hall–Kier alpha value is 0.240. The molecule has 1 aromatic rings. The van der Waals surface area contributed by atoms with Crippen LogP contribution in [0, 0.1) is 0 Å². The van der Waals surface area contributed by atoms with E-state index in [2.05, 4.69) is 36.6 Å². The summed E-state index contributed by atoms with van der Waals surface area (Å²) in [5, 5.41) is 0. The van der Waals surface area contributed by atoms with Gasteiger partial charge < -0.3 is 0 Å². The van der Waals surface area contributed by atoms with Gasteiger partial charge in [0.25, 0.3) is 0 Å². The molecule has 1 unspecified atom stereocenters. The average molecular weight is 419 g/mol. The van der Waals surface area contributed by atoms with E-state index in [-0.39, 0.29) is 11.4 Å². The molecule has 0 bridgehead atoms. The van der Waals surface area contributed by atoms with Crippen molar-refractivity contribution in [2.75, 3.05) is 18.1 Å². The van der Waals surface area contributed by atoms with Crippen LogP contribution in [0.2, 0.25) is 0 Å². The molecule has 18 heavy (non-hydrogen) atoms. The van der Waals surface area contributed by atoms with E-state index in [0.29, 0.717) is 20.5 Å². The summed E-state index contributed by atoms with van der Waals surface area (Å²) < 4.78 is 38.9. The lowest BCUT2D eigenvalue weighted by Gasteiger charge is -2.08. The summed E-state index contributed by atoms with van der Waals surface area (Å²) in [6.45, 7) is 1.97. The highest BCUT2D eigenvalue weighted by Gasteiger charge is 2.17. The quantitative estimate of drug-likeness (QED) is 0.770. The summed E-state index contributed by atoms with van der Waals surface area (Å²) in [5.41, 5.74) is 0. The Kier molecular flexibility index (Phi) is 6.46. The second-order valence-corrected chi connectivity index (χ2v) is 8.78. The predicted octanol–water partition coefficient (Wildman–Crippen LogP) is 2.26. The van der Waals surface area contributed by atoms with Gasteiger partial charge in [-0.2, -0.15) is 0 Å². The molecule has 0 heterocycles. The lowest BCUT2D eigenvalue weighted by molar-refractivity contribution is 0.583. The fourth-order valence-electron chi connectivity index (χ4n) is 1.20. The summed E-state index contributed by atoms with van der Waals surface area (Å²) in [6, 6.07) is 4.92. The van der Waals surface area contributed by atoms with Crippen LogP contribution in [0.25, 0.3) is 0 Å². The van der Waals surface area contributed by atoms with Crippen molar-refractivity contribution >= 4 is 52.7 Å². The summed E-state index contributed by atoms with van der Waals surface area (Å²) >= 11 is 6.43. The Bertz CT molecular complexity index is 546. The minimum Gasteiger partial charge on any atom is -0.260 e. The molecule has 0 radical (unpaired) electrons. The smallest absolute Gasteiger partial charge is 0.241 e. The summed E-state index contributed by atoms with van der Waals surface area (Å²) in [7, 11) is -4.55. The molecule has 1 aromatic carbocycles. The molecule has 0 saturated heterocycles. The molecule has 0 aromatic heterocycles. The molecular weight excluding hydrogens is 406 g/mol. The van der Waals surface area contributed by atoms with E-state index in [1.54, 1.807) is 19.1 Å². The van der Waals surface area contributed by atoms with Crippen molar-refractivity contribution in [3.8, 4) is 0 Å². The molecule has 8 heteroatoms. The monoisotopic (exact) mass is 417 g/mol. The first-order chi connectivity index (χ1) is 8.36. The molecular formula is C10H13Br2NO3S2. The van der Waals surface area contributed by atoms with Crippen molar-refractivity contribution in [2.45, 2.75) is 11.8 Å². The number of sulfonamides is 1. The Morgan fingerprint density at radius 3 is 2.61 bits per heavy atom. The molecule has 1 rings (SSSR count). The van der Waals surface area contributed by atoms with E-state index in [4.69, 9.17) is 0 Å². The van der Waals surface area contributed by atoms with Gasteiger partial charge in [0.2, 0.25) is 10.0 Å². The number of benzene rings is 1. The lowest BCUT2D eigenvalue weighted by atomic mass is 10.4. The van der Waals surface area contributed by atoms with Crippen LogP contribution in [-0.2, 0) is 20.8 Å². The van der Waals surface area contributed by atoms with Crippen molar-refractivity contribution in [2.24, 2.45) is 0 Å².